The Morgan fingerprint density at radius 2 is 2.20 bits per heavy atom. The standard InChI is InChI=1S/C11H12Br2O2/c1-15-11(14)6-5-8-3-2-4-10(13)9(8)7-12/h2-4H,5-7H2,1H3. The smallest absolute Gasteiger partial charge is 0.305 e. The largest absolute Gasteiger partial charge is 0.469 e. The Morgan fingerprint density at radius 3 is 2.80 bits per heavy atom. The third-order valence-electron chi connectivity index (χ3n) is 2.18. The minimum atomic E-state index is -0.171. The van der Waals surface area contributed by atoms with Gasteiger partial charge in [-0.3, -0.25) is 4.79 Å². The van der Waals surface area contributed by atoms with E-state index in [0.717, 1.165) is 9.80 Å². The number of hydrogen-bond acceptors (Lipinski definition) is 2. The number of carbonyl (C=O) groups is 1. The second-order valence-electron chi connectivity index (χ2n) is 3.09. The van der Waals surface area contributed by atoms with Gasteiger partial charge in [0.25, 0.3) is 0 Å². The first-order chi connectivity index (χ1) is 7.19. The molecule has 0 unspecified atom stereocenters. The van der Waals surface area contributed by atoms with Crippen LogP contribution in [-0.2, 0) is 21.3 Å². The highest BCUT2D eigenvalue weighted by Gasteiger charge is 2.07. The van der Waals surface area contributed by atoms with E-state index in [1.54, 1.807) is 0 Å². The Hall–Kier alpha value is -0.350. The first kappa shape index (κ1) is 12.7. The summed E-state index contributed by atoms with van der Waals surface area (Å²) in [4.78, 5) is 11.0. The van der Waals surface area contributed by atoms with Gasteiger partial charge in [0, 0.05) is 16.2 Å². The quantitative estimate of drug-likeness (QED) is 0.622. The third-order valence-corrected chi connectivity index (χ3v) is 3.48. The molecule has 0 atom stereocenters. The van der Waals surface area contributed by atoms with Crippen LogP contribution in [0.25, 0.3) is 0 Å². The van der Waals surface area contributed by atoms with E-state index in [0.29, 0.717) is 12.8 Å². The van der Waals surface area contributed by atoms with Crippen molar-refractivity contribution in [3.63, 3.8) is 0 Å². The molecule has 1 aromatic rings. The van der Waals surface area contributed by atoms with Crippen molar-refractivity contribution in [1.29, 1.82) is 0 Å². The summed E-state index contributed by atoms with van der Waals surface area (Å²) in [7, 11) is 1.41. The molecule has 0 bridgehead atoms. The van der Waals surface area contributed by atoms with E-state index in [9.17, 15) is 4.79 Å². The highest BCUT2D eigenvalue weighted by molar-refractivity contribution is 9.10. The van der Waals surface area contributed by atoms with Crippen molar-refractivity contribution in [2.75, 3.05) is 7.11 Å². The average Bonchev–Trinajstić information content (AvgIpc) is 2.25. The molecule has 0 saturated carbocycles. The number of carbonyl (C=O) groups excluding carboxylic acids is 1. The number of methoxy groups -OCH3 is 1. The average molecular weight is 336 g/mol. The first-order valence-electron chi connectivity index (χ1n) is 4.58. The second kappa shape index (κ2) is 6.28. The lowest BCUT2D eigenvalue weighted by Crippen LogP contribution is -2.03. The number of ether oxygens (including phenoxy) is 1. The summed E-state index contributed by atoms with van der Waals surface area (Å²) >= 11 is 6.92. The minimum absolute atomic E-state index is 0.171. The van der Waals surface area contributed by atoms with Gasteiger partial charge in [-0.1, -0.05) is 44.0 Å². The van der Waals surface area contributed by atoms with Crippen LogP contribution in [0.15, 0.2) is 22.7 Å². The van der Waals surface area contributed by atoms with Crippen LogP contribution in [0.5, 0.6) is 0 Å². The number of aryl methyl sites for hydroxylation is 1. The molecule has 0 spiro atoms. The summed E-state index contributed by atoms with van der Waals surface area (Å²) in [5, 5.41) is 0.783. The van der Waals surface area contributed by atoms with Crippen molar-refractivity contribution < 1.29 is 9.53 Å². The van der Waals surface area contributed by atoms with Crippen molar-refractivity contribution in [3.05, 3.63) is 33.8 Å². The summed E-state index contributed by atoms with van der Waals surface area (Å²) in [5.74, 6) is -0.171. The van der Waals surface area contributed by atoms with Gasteiger partial charge in [-0.15, -0.1) is 0 Å². The maximum absolute atomic E-state index is 11.0. The molecule has 82 valence electrons. The van der Waals surface area contributed by atoms with Gasteiger partial charge in [0.15, 0.2) is 0 Å². The molecular weight excluding hydrogens is 324 g/mol. The lowest BCUT2D eigenvalue weighted by Gasteiger charge is -2.08. The number of benzene rings is 1. The van der Waals surface area contributed by atoms with Crippen LogP contribution in [0.3, 0.4) is 0 Å². The molecule has 4 heteroatoms. The molecule has 0 aromatic heterocycles. The number of halogens is 2. The lowest BCUT2D eigenvalue weighted by atomic mass is 10.0. The maximum Gasteiger partial charge on any atom is 0.305 e. The van der Waals surface area contributed by atoms with Crippen molar-refractivity contribution >= 4 is 37.8 Å². The van der Waals surface area contributed by atoms with E-state index < -0.39 is 0 Å². The summed E-state index contributed by atoms with van der Waals surface area (Å²) < 4.78 is 5.68. The number of esters is 1. The number of alkyl halides is 1. The van der Waals surface area contributed by atoms with Crippen LogP contribution in [-0.4, -0.2) is 13.1 Å². The van der Waals surface area contributed by atoms with Gasteiger partial charge in [-0.2, -0.15) is 0 Å². The van der Waals surface area contributed by atoms with Crippen LogP contribution < -0.4 is 0 Å². The fourth-order valence-electron chi connectivity index (χ4n) is 1.33. The van der Waals surface area contributed by atoms with Gasteiger partial charge in [-0.25, -0.2) is 0 Å². The van der Waals surface area contributed by atoms with E-state index in [2.05, 4.69) is 36.6 Å². The Labute approximate surface area is 106 Å². The summed E-state index contributed by atoms with van der Waals surface area (Å²) in [6.45, 7) is 0. The van der Waals surface area contributed by atoms with E-state index in [1.165, 1.54) is 18.2 Å². The molecule has 0 aliphatic rings. The zero-order valence-electron chi connectivity index (χ0n) is 8.43. The van der Waals surface area contributed by atoms with E-state index in [1.807, 2.05) is 18.2 Å². The SMILES string of the molecule is COC(=O)CCc1cccc(Br)c1CBr. The molecule has 1 aromatic carbocycles. The molecule has 0 N–H and O–H groups in total. The molecule has 0 heterocycles. The zero-order chi connectivity index (χ0) is 11.3. The first-order valence-corrected chi connectivity index (χ1v) is 6.49. The molecule has 0 amide bonds. The summed E-state index contributed by atoms with van der Waals surface area (Å²) in [6.07, 6.45) is 1.14. The maximum atomic E-state index is 11.0. The Morgan fingerprint density at radius 1 is 1.47 bits per heavy atom. The summed E-state index contributed by atoms with van der Waals surface area (Å²) in [6, 6.07) is 6.01. The van der Waals surface area contributed by atoms with E-state index in [-0.39, 0.29) is 5.97 Å². The monoisotopic (exact) mass is 334 g/mol. The van der Waals surface area contributed by atoms with Gasteiger partial charge in [0.1, 0.15) is 0 Å². The van der Waals surface area contributed by atoms with E-state index >= 15 is 0 Å². The van der Waals surface area contributed by atoms with Gasteiger partial charge in [0.2, 0.25) is 0 Å². The van der Waals surface area contributed by atoms with Gasteiger partial charge >= 0.3 is 5.97 Å². The predicted octanol–water partition coefficient (Wildman–Crippen LogP) is 3.45. The van der Waals surface area contributed by atoms with Crippen molar-refractivity contribution in [2.45, 2.75) is 18.2 Å². The molecule has 0 aliphatic carbocycles. The van der Waals surface area contributed by atoms with Crippen LogP contribution in [0, 0.1) is 0 Å². The molecule has 15 heavy (non-hydrogen) atoms. The van der Waals surface area contributed by atoms with Gasteiger partial charge in [-0.05, 0) is 23.6 Å². The van der Waals surface area contributed by atoms with Crippen molar-refractivity contribution in [3.8, 4) is 0 Å². The Kier molecular flexibility index (Phi) is 5.32. The third kappa shape index (κ3) is 3.61. The predicted molar refractivity (Wildman–Crippen MR) is 67.1 cm³/mol. The van der Waals surface area contributed by atoms with Crippen molar-refractivity contribution in [2.24, 2.45) is 0 Å². The second-order valence-corrected chi connectivity index (χ2v) is 4.50. The minimum Gasteiger partial charge on any atom is -0.469 e. The fourth-order valence-corrected chi connectivity index (χ4v) is 2.91. The van der Waals surface area contributed by atoms with E-state index in [4.69, 9.17) is 0 Å². The molecule has 0 radical (unpaired) electrons. The Balaban J connectivity index is 2.76. The zero-order valence-corrected chi connectivity index (χ0v) is 11.6. The molecular formula is C11H12Br2O2. The van der Waals surface area contributed by atoms with Crippen LogP contribution in [0.2, 0.25) is 0 Å². The van der Waals surface area contributed by atoms with Crippen molar-refractivity contribution in [1.82, 2.24) is 0 Å². The van der Waals surface area contributed by atoms with Crippen LogP contribution in [0.4, 0.5) is 0 Å². The lowest BCUT2D eigenvalue weighted by molar-refractivity contribution is -0.140. The molecule has 0 fully saturated rings. The number of hydrogen-bond donors (Lipinski definition) is 0. The van der Waals surface area contributed by atoms with Crippen LogP contribution >= 0.6 is 31.9 Å². The topological polar surface area (TPSA) is 26.3 Å². The van der Waals surface area contributed by atoms with Gasteiger partial charge < -0.3 is 4.74 Å². The molecule has 0 saturated heterocycles. The fraction of sp³-hybridized carbons (Fsp3) is 0.364. The van der Waals surface area contributed by atoms with Gasteiger partial charge in [0.05, 0.1) is 7.11 Å². The normalized spacial score (nSPS) is 10.1. The highest BCUT2D eigenvalue weighted by Crippen LogP contribution is 2.24. The number of rotatable bonds is 4. The highest BCUT2D eigenvalue weighted by atomic mass is 79.9. The molecule has 1 rings (SSSR count). The molecule has 2 nitrogen and oxygen atoms in total. The molecule has 0 aliphatic heterocycles. The summed E-state index contributed by atoms with van der Waals surface area (Å²) in [5.41, 5.74) is 2.37. The Bertz CT molecular complexity index is 350. The van der Waals surface area contributed by atoms with Crippen LogP contribution in [0.1, 0.15) is 17.5 Å².